The monoisotopic (exact) mass is 210 g/mol. The van der Waals surface area contributed by atoms with E-state index in [0.717, 1.165) is 11.8 Å². The van der Waals surface area contributed by atoms with Crippen molar-refractivity contribution < 1.29 is 15.0 Å². The van der Waals surface area contributed by atoms with Crippen molar-refractivity contribution in [1.82, 2.24) is 0 Å². The van der Waals surface area contributed by atoms with E-state index in [9.17, 15) is 4.79 Å². The van der Waals surface area contributed by atoms with Gasteiger partial charge in [0.25, 0.3) is 0 Å². The quantitative estimate of drug-likeness (QED) is 0.540. The zero-order chi connectivity index (χ0) is 11.4. The van der Waals surface area contributed by atoms with E-state index in [4.69, 9.17) is 10.2 Å². The minimum absolute atomic E-state index is 0.176. The molecule has 84 valence electrons. The van der Waals surface area contributed by atoms with Crippen LogP contribution in [0.4, 0.5) is 0 Å². The average Bonchev–Trinajstić information content (AvgIpc) is 2.79. The van der Waals surface area contributed by atoms with Crippen LogP contribution in [0.1, 0.15) is 19.8 Å². The van der Waals surface area contributed by atoms with Crippen LogP contribution in [0.5, 0.6) is 0 Å². The molecule has 3 nitrogen and oxygen atoms in total. The maximum absolute atomic E-state index is 9.60. The van der Waals surface area contributed by atoms with Gasteiger partial charge in [-0.15, -0.1) is 0 Å². The zero-order valence-electron chi connectivity index (χ0n) is 9.02. The lowest BCUT2D eigenvalue weighted by Gasteiger charge is -2.13. The molecule has 0 amide bonds. The molecule has 0 aromatic carbocycles. The van der Waals surface area contributed by atoms with E-state index in [-0.39, 0.29) is 5.57 Å². The normalized spacial score (nSPS) is 30.9. The number of allylic oxidation sites excluding steroid dienone is 2. The van der Waals surface area contributed by atoms with Crippen molar-refractivity contribution in [3.63, 3.8) is 0 Å². The number of hydrogen-bond donors (Lipinski definition) is 2. The summed E-state index contributed by atoms with van der Waals surface area (Å²) in [4.78, 5) is 9.60. The molecule has 2 bridgehead atoms. The summed E-state index contributed by atoms with van der Waals surface area (Å²) < 4.78 is 0. The summed E-state index contributed by atoms with van der Waals surface area (Å²) in [6.45, 7) is 5.00. The third kappa shape index (κ3) is 3.20. The summed E-state index contributed by atoms with van der Waals surface area (Å²) in [6, 6.07) is 0. The summed E-state index contributed by atoms with van der Waals surface area (Å²) in [5.74, 6) is 1.20. The van der Waals surface area contributed by atoms with E-state index < -0.39 is 5.97 Å². The molecule has 2 N–H and O–H groups in total. The molecule has 1 saturated carbocycles. The lowest BCUT2D eigenvalue weighted by molar-refractivity contribution is -0.132. The van der Waals surface area contributed by atoms with Crippen molar-refractivity contribution in [2.45, 2.75) is 19.8 Å². The molecule has 0 radical (unpaired) electrons. The molecule has 1 fully saturated rings. The van der Waals surface area contributed by atoms with Crippen LogP contribution >= 0.6 is 0 Å². The average molecular weight is 210 g/mol. The second kappa shape index (κ2) is 5.12. The fourth-order valence-electron chi connectivity index (χ4n) is 2.10. The highest BCUT2D eigenvalue weighted by atomic mass is 16.4. The minimum atomic E-state index is -0.935. The molecule has 2 rings (SSSR count). The molecule has 3 heteroatoms. The molecule has 15 heavy (non-hydrogen) atoms. The lowest BCUT2D eigenvalue weighted by atomic mass is 9.95. The summed E-state index contributed by atoms with van der Waals surface area (Å²) in [6.07, 6.45) is 7.12. The van der Waals surface area contributed by atoms with Gasteiger partial charge in [-0.3, -0.25) is 0 Å². The summed E-state index contributed by atoms with van der Waals surface area (Å²) in [5, 5.41) is 16.7. The van der Waals surface area contributed by atoms with Crippen LogP contribution in [0.2, 0.25) is 0 Å². The second-order valence-electron chi connectivity index (χ2n) is 4.31. The maximum Gasteiger partial charge on any atom is 0.330 e. The fraction of sp³-hybridized carbons (Fsp3) is 0.583. The van der Waals surface area contributed by atoms with E-state index in [2.05, 4.69) is 18.7 Å². The third-order valence-corrected chi connectivity index (χ3v) is 3.02. The van der Waals surface area contributed by atoms with Gasteiger partial charge in [-0.2, -0.15) is 0 Å². The Hall–Kier alpha value is -1.09. The van der Waals surface area contributed by atoms with Gasteiger partial charge in [-0.1, -0.05) is 18.7 Å². The van der Waals surface area contributed by atoms with Crippen molar-refractivity contribution in [1.29, 1.82) is 0 Å². The molecule has 0 heterocycles. The van der Waals surface area contributed by atoms with E-state index in [0.29, 0.717) is 12.5 Å². The van der Waals surface area contributed by atoms with Crippen molar-refractivity contribution >= 4 is 5.97 Å². The maximum atomic E-state index is 9.60. The molecule has 3 atom stereocenters. The Bertz CT molecular complexity index is 269. The van der Waals surface area contributed by atoms with Crippen LogP contribution in [0, 0.1) is 17.8 Å². The van der Waals surface area contributed by atoms with Gasteiger partial charge in [-0.25, -0.2) is 4.79 Å². The Morgan fingerprint density at radius 1 is 1.47 bits per heavy atom. The number of hydrogen-bond acceptors (Lipinski definition) is 2. The predicted molar refractivity (Wildman–Crippen MR) is 58.4 cm³/mol. The number of carboxylic acid groups (broad SMARTS) is 1. The summed E-state index contributed by atoms with van der Waals surface area (Å²) >= 11 is 0. The van der Waals surface area contributed by atoms with Gasteiger partial charge in [0.2, 0.25) is 0 Å². The number of aliphatic hydroxyl groups is 1. The van der Waals surface area contributed by atoms with Gasteiger partial charge in [0.05, 0.1) is 0 Å². The highest BCUT2D eigenvalue weighted by molar-refractivity contribution is 5.84. The van der Waals surface area contributed by atoms with E-state index in [1.807, 2.05) is 0 Å². The van der Waals surface area contributed by atoms with Gasteiger partial charge in [0.1, 0.15) is 0 Å². The van der Waals surface area contributed by atoms with Gasteiger partial charge in [0.15, 0.2) is 0 Å². The molecule has 0 spiro atoms. The molecule has 2 aliphatic rings. The second-order valence-corrected chi connectivity index (χ2v) is 4.31. The standard InChI is InChI=1S/C8H12O.C4H6O2/c9-5-8-4-6-1-2-7(8)3-6;1-3(2)4(5)6/h1-2,6-9H,3-5H2;1H2,2H3,(H,5,6). The van der Waals surface area contributed by atoms with E-state index >= 15 is 0 Å². The van der Waals surface area contributed by atoms with Gasteiger partial charge < -0.3 is 10.2 Å². The molecule has 0 aromatic heterocycles. The first-order valence-electron chi connectivity index (χ1n) is 5.22. The van der Waals surface area contributed by atoms with Crippen LogP contribution in [-0.2, 0) is 4.79 Å². The molecular formula is C12H18O3. The van der Waals surface area contributed by atoms with Crippen LogP contribution in [0.25, 0.3) is 0 Å². The van der Waals surface area contributed by atoms with E-state index in [1.165, 1.54) is 19.8 Å². The van der Waals surface area contributed by atoms with Crippen molar-refractivity contribution in [3.05, 3.63) is 24.3 Å². The highest BCUT2D eigenvalue weighted by Gasteiger charge is 2.34. The van der Waals surface area contributed by atoms with Gasteiger partial charge in [0, 0.05) is 12.2 Å². The largest absolute Gasteiger partial charge is 0.478 e. The van der Waals surface area contributed by atoms with Crippen LogP contribution in [-0.4, -0.2) is 22.8 Å². The topological polar surface area (TPSA) is 57.5 Å². The number of carbonyl (C=O) groups is 1. The van der Waals surface area contributed by atoms with Crippen LogP contribution in [0.3, 0.4) is 0 Å². The number of fused-ring (bicyclic) bond motifs is 2. The third-order valence-electron chi connectivity index (χ3n) is 3.02. The van der Waals surface area contributed by atoms with Crippen molar-refractivity contribution in [3.8, 4) is 0 Å². The van der Waals surface area contributed by atoms with Crippen molar-refractivity contribution in [2.24, 2.45) is 17.8 Å². The molecule has 0 saturated heterocycles. The lowest BCUT2D eigenvalue weighted by Crippen LogP contribution is -2.10. The summed E-state index contributed by atoms with van der Waals surface area (Å²) in [7, 11) is 0. The number of carboxylic acids is 1. The number of aliphatic hydroxyl groups excluding tert-OH is 1. The van der Waals surface area contributed by atoms with Crippen LogP contribution < -0.4 is 0 Å². The molecule has 0 aromatic rings. The van der Waals surface area contributed by atoms with Gasteiger partial charge in [-0.05, 0) is 37.5 Å². The Morgan fingerprint density at radius 2 is 2.07 bits per heavy atom. The van der Waals surface area contributed by atoms with E-state index in [1.54, 1.807) is 0 Å². The Balaban J connectivity index is 0.000000167. The number of aliphatic carboxylic acids is 1. The SMILES string of the molecule is C=C(C)C(=O)O.OCC1CC2C=CC1C2. The molecule has 2 aliphatic carbocycles. The molecular weight excluding hydrogens is 192 g/mol. The van der Waals surface area contributed by atoms with Gasteiger partial charge >= 0.3 is 5.97 Å². The molecule has 0 aliphatic heterocycles. The highest BCUT2D eigenvalue weighted by Crippen LogP contribution is 2.42. The first-order valence-corrected chi connectivity index (χ1v) is 5.22. The Kier molecular flexibility index (Phi) is 4.09. The smallest absolute Gasteiger partial charge is 0.330 e. The Morgan fingerprint density at radius 3 is 2.27 bits per heavy atom. The van der Waals surface area contributed by atoms with Crippen LogP contribution in [0.15, 0.2) is 24.3 Å². The first kappa shape index (κ1) is 12.0. The zero-order valence-corrected chi connectivity index (χ0v) is 9.02. The fourth-order valence-corrected chi connectivity index (χ4v) is 2.10. The Labute approximate surface area is 90.1 Å². The molecule has 3 unspecified atom stereocenters. The predicted octanol–water partition coefficient (Wildman–Crippen LogP) is 1.84. The first-order chi connectivity index (χ1) is 7.04. The van der Waals surface area contributed by atoms with Crippen molar-refractivity contribution in [2.75, 3.05) is 6.61 Å². The number of rotatable bonds is 2. The minimum Gasteiger partial charge on any atom is -0.478 e. The summed E-state index contributed by atoms with van der Waals surface area (Å²) in [5.41, 5.74) is 0.176.